The van der Waals surface area contributed by atoms with Gasteiger partial charge in [-0.2, -0.15) is 0 Å². The molecule has 0 bridgehead atoms. The van der Waals surface area contributed by atoms with E-state index >= 15 is 0 Å². The van der Waals surface area contributed by atoms with E-state index in [1.807, 2.05) is 19.1 Å². The molecule has 0 radical (unpaired) electrons. The average molecular weight is 358 g/mol. The highest BCUT2D eigenvalue weighted by atomic mass is 16.5. The fourth-order valence-electron chi connectivity index (χ4n) is 3.75. The van der Waals surface area contributed by atoms with E-state index in [-0.39, 0.29) is 11.9 Å². The highest BCUT2D eigenvalue weighted by molar-refractivity contribution is 5.41. The summed E-state index contributed by atoms with van der Waals surface area (Å²) < 4.78 is 13.5. The van der Waals surface area contributed by atoms with Crippen molar-refractivity contribution in [1.82, 2.24) is 19.7 Å². The smallest absolute Gasteiger partial charge is 0.162 e. The van der Waals surface area contributed by atoms with Gasteiger partial charge in [0, 0.05) is 39.2 Å². The van der Waals surface area contributed by atoms with Gasteiger partial charge in [-0.1, -0.05) is 6.07 Å². The van der Waals surface area contributed by atoms with E-state index < -0.39 is 0 Å². The van der Waals surface area contributed by atoms with Crippen LogP contribution < -0.4 is 4.74 Å². The first-order valence-electron chi connectivity index (χ1n) is 9.45. The van der Waals surface area contributed by atoms with Gasteiger partial charge in [0.1, 0.15) is 11.9 Å². The summed E-state index contributed by atoms with van der Waals surface area (Å²) in [5, 5.41) is 18.7. The van der Waals surface area contributed by atoms with Gasteiger partial charge in [0.2, 0.25) is 0 Å². The highest BCUT2D eigenvalue weighted by Crippen LogP contribution is 2.29. The maximum absolute atomic E-state index is 9.87. The van der Waals surface area contributed by atoms with E-state index in [2.05, 4.69) is 19.7 Å². The van der Waals surface area contributed by atoms with Gasteiger partial charge in [-0.15, -0.1) is 10.2 Å². The van der Waals surface area contributed by atoms with E-state index in [1.165, 1.54) is 0 Å². The van der Waals surface area contributed by atoms with Crippen LogP contribution in [0.2, 0.25) is 0 Å². The number of phenolic OH excluding ortho intramolecular Hbond substituents is 1. The minimum absolute atomic E-state index is 0.105. The lowest BCUT2D eigenvalue weighted by Crippen LogP contribution is -2.27. The number of rotatable bonds is 5. The van der Waals surface area contributed by atoms with Crippen LogP contribution in [-0.4, -0.2) is 51.1 Å². The number of phenols is 1. The quantitative estimate of drug-likeness (QED) is 0.884. The molecule has 26 heavy (non-hydrogen) atoms. The zero-order valence-electron chi connectivity index (χ0n) is 15.2. The molecule has 0 amide bonds. The SMILES string of the molecule is CCOc1cc(CN2CCc3nnc([C@@H]4CCCO4)n3CC2)ccc1O. The number of aromatic hydroxyl groups is 1. The van der Waals surface area contributed by atoms with Crippen molar-refractivity contribution in [3.8, 4) is 11.5 Å². The molecule has 7 nitrogen and oxygen atoms in total. The van der Waals surface area contributed by atoms with Crippen LogP contribution in [0.25, 0.3) is 0 Å². The van der Waals surface area contributed by atoms with Crippen LogP contribution in [0, 0.1) is 0 Å². The lowest BCUT2D eigenvalue weighted by molar-refractivity contribution is 0.101. The van der Waals surface area contributed by atoms with Crippen molar-refractivity contribution in [1.29, 1.82) is 0 Å². The first kappa shape index (κ1) is 17.3. The molecule has 0 unspecified atom stereocenters. The third kappa shape index (κ3) is 3.54. The summed E-state index contributed by atoms with van der Waals surface area (Å²) in [6, 6.07) is 5.60. The molecule has 0 saturated carbocycles. The van der Waals surface area contributed by atoms with Gasteiger partial charge >= 0.3 is 0 Å². The van der Waals surface area contributed by atoms with Gasteiger partial charge in [-0.3, -0.25) is 4.90 Å². The fourth-order valence-corrected chi connectivity index (χ4v) is 3.75. The molecule has 2 aliphatic heterocycles. The van der Waals surface area contributed by atoms with Crippen molar-refractivity contribution in [3.63, 3.8) is 0 Å². The highest BCUT2D eigenvalue weighted by Gasteiger charge is 2.27. The minimum atomic E-state index is 0.105. The Hall–Kier alpha value is -2.12. The summed E-state index contributed by atoms with van der Waals surface area (Å²) in [6.45, 7) is 6.87. The summed E-state index contributed by atoms with van der Waals surface area (Å²) >= 11 is 0. The van der Waals surface area contributed by atoms with Crippen LogP contribution in [0.1, 0.15) is 43.1 Å². The van der Waals surface area contributed by atoms with Crippen molar-refractivity contribution in [2.45, 2.75) is 45.4 Å². The third-order valence-corrected chi connectivity index (χ3v) is 5.10. The molecule has 1 atom stereocenters. The molecule has 1 aromatic carbocycles. The second kappa shape index (κ2) is 7.63. The van der Waals surface area contributed by atoms with E-state index in [9.17, 15) is 5.11 Å². The maximum Gasteiger partial charge on any atom is 0.162 e. The molecule has 2 aromatic rings. The molecule has 140 valence electrons. The number of ether oxygens (including phenoxy) is 2. The second-order valence-electron chi connectivity index (χ2n) is 6.89. The number of hydrogen-bond acceptors (Lipinski definition) is 6. The Balaban J connectivity index is 1.44. The van der Waals surface area contributed by atoms with Crippen LogP contribution in [0.5, 0.6) is 11.5 Å². The Bertz CT molecular complexity index is 755. The molecule has 0 spiro atoms. The van der Waals surface area contributed by atoms with Gasteiger partial charge in [0.15, 0.2) is 17.3 Å². The molecule has 3 heterocycles. The van der Waals surface area contributed by atoms with Crippen LogP contribution in [0.3, 0.4) is 0 Å². The Kier molecular flexibility index (Phi) is 5.08. The molecular weight excluding hydrogens is 332 g/mol. The van der Waals surface area contributed by atoms with Crippen molar-refractivity contribution >= 4 is 0 Å². The van der Waals surface area contributed by atoms with E-state index in [0.29, 0.717) is 12.4 Å². The molecule has 2 aliphatic rings. The first-order valence-corrected chi connectivity index (χ1v) is 9.45. The molecule has 0 aliphatic carbocycles. The summed E-state index contributed by atoms with van der Waals surface area (Å²) in [7, 11) is 0. The number of benzene rings is 1. The predicted octanol–water partition coefficient (Wildman–Crippen LogP) is 2.29. The Morgan fingerprint density at radius 2 is 2.19 bits per heavy atom. The summed E-state index contributed by atoms with van der Waals surface area (Å²) in [5.41, 5.74) is 1.14. The topological polar surface area (TPSA) is 72.6 Å². The summed E-state index contributed by atoms with van der Waals surface area (Å²) in [5.74, 6) is 2.79. The Morgan fingerprint density at radius 1 is 1.27 bits per heavy atom. The van der Waals surface area contributed by atoms with E-state index in [0.717, 1.165) is 69.3 Å². The van der Waals surface area contributed by atoms with Crippen molar-refractivity contribution in [3.05, 3.63) is 35.4 Å². The maximum atomic E-state index is 9.87. The van der Waals surface area contributed by atoms with Crippen molar-refractivity contribution in [2.24, 2.45) is 0 Å². The van der Waals surface area contributed by atoms with Gasteiger partial charge in [-0.05, 0) is 37.5 Å². The Morgan fingerprint density at radius 3 is 3.00 bits per heavy atom. The van der Waals surface area contributed by atoms with Crippen LogP contribution >= 0.6 is 0 Å². The number of fused-ring (bicyclic) bond motifs is 1. The third-order valence-electron chi connectivity index (χ3n) is 5.10. The minimum Gasteiger partial charge on any atom is -0.504 e. The second-order valence-corrected chi connectivity index (χ2v) is 6.89. The van der Waals surface area contributed by atoms with Gasteiger partial charge < -0.3 is 19.1 Å². The van der Waals surface area contributed by atoms with Crippen molar-refractivity contribution in [2.75, 3.05) is 26.3 Å². The number of aromatic nitrogens is 3. The van der Waals surface area contributed by atoms with Gasteiger partial charge in [0.25, 0.3) is 0 Å². The molecule has 1 fully saturated rings. The molecule has 7 heteroatoms. The van der Waals surface area contributed by atoms with Crippen LogP contribution in [-0.2, 0) is 24.2 Å². The average Bonchev–Trinajstić information content (AvgIpc) is 3.26. The molecular formula is C19H26N4O3. The molecule has 1 aromatic heterocycles. The fraction of sp³-hybridized carbons (Fsp3) is 0.579. The normalized spacial score (nSPS) is 20.7. The monoisotopic (exact) mass is 358 g/mol. The van der Waals surface area contributed by atoms with Crippen LogP contribution in [0.15, 0.2) is 18.2 Å². The van der Waals surface area contributed by atoms with E-state index in [1.54, 1.807) is 6.07 Å². The molecule has 1 N–H and O–H groups in total. The number of hydrogen-bond donors (Lipinski definition) is 1. The van der Waals surface area contributed by atoms with Gasteiger partial charge in [-0.25, -0.2) is 0 Å². The lowest BCUT2D eigenvalue weighted by Gasteiger charge is -2.20. The van der Waals surface area contributed by atoms with E-state index in [4.69, 9.17) is 9.47 Å². The zero-order chi connectivity index (χ0) is 17.9. The van der Waals surface area contributed by atoms with Crippen LogP contribution in [0.4, 0.5) is 0 Å². The largest absolute Gasteiger partial charge is 0.504 e. The summed E-state index contributed by atoms with van der Waals surface area (Å²) in [6.07, 6.45) is 3.13. The van der Waals surface area contributed by atoms with Crippen molar-refractivity contribution < 1.29 is 14.6 Å². The first-order chi connectivity index (χ1) is 12.7. The zero-order valence-corrected chi connectivity index (χ0v) is 15.2. The lowest BCUT2D eigenvalue weighted by atomic mass is 10.2. The van der Waals surface area contributed by atoms with Gasteiger partial charge in [0.05, 0.1) is 6.61 Å². The standard InChI is InChI=1S/C19H26N4O3/c1-2-25-17-12-14(5-6-15(17)24)13-22-8-7-18-20-21-19(23(18)10-9-22)16-4-3-11-26-16/h5-6,12,16,24H,2-4,7-11,13H2,1H3/t16-/m0/s1. The number of nitrogens with zero attached hydrogens (tertiary/aromatic N) is 4. The summed E-state index contributed by atoms with van der Waals surface area (Å²) in [4.78, 5) is 2.41. The predicted molar refractivity (Wildman–Crippen MR) is 96.2 cm³/mol. The molecule has 1 saturated heterocycles. The molecule has 4 rings (SSSR count). The Labute approximate surface area is 153 Å².